The van der Waals surface area contributed by atoms with Gasteiger partial charge >= 0.3 is 0 Å². The molecule has 0 atom stereocenters. The summed E-state index contributed by atoms with van der Waals surface area (Å²) in [5.74, 6) is 1.10. The molecule has 0 aliphatic heterocycles. The molecule has 0 fully saturated rings. The molecule has 0 saturated carbocycles. The van der Waals surface area contributed by atoms with Crippen LogP contribution in [0.15, 0.2) is 52.1 Å². The van der Waals surface area contributed by atoms with E-state index in [9.17, 15) is 4.39 Å². The van der Waals surface area contributed by atoms with Gasteiger partial charge in [-0.1, -0.05) is 12.1 Å². The van der Waals surface area contributed by atoms with Crippen LogP contribution in [0.25, 0.3) is 5.65 Å². The minimum Gasteiger partial charge on any atom is -0.352 e. The summed E-state index contributed by atoms with van der Waals surface area (Å²) < 4.78 is 15.9. The van der Waals surface area contributed by atoms with Gasteiger partial charge in [-0.05, 0) is 45.8 Å². The molecule has 2 heterocycles. The largest absolute Gasteiger partial charge is 0.352 e. The molecule has 0 amide bonds. The molecule has 1 aromatic carbocycles. The van der Waals surface area contributed by atoms with Crippen LogP contribution in [0.4, 0.5) is 4.39 Å². The summed E-state index contributed by atoms with van der Waals surface area (Å²) >= 11 is 3.14. The Morgan fingerprint density at radius 3 is 2.76 bits per heavy atom. The summed E-state index contributed by atoms with van der Waals surface area (Å²) in [4.78, 5) is 4.16. The van der Waals surface area contributed by atoms with Gasteiger partial charge < -0.3 is 10.6 Å². The van der Waals surface area contributed by atoms with Crippen LogP contribution in [0.5, 0.6) is 0 Å². The van der Waals surface area contributed by atoms with E-state index in [1.807, 2.05) is 34.9 Å². The van der Waals surface area contributed by atoms with Gasteiger partial charge in [0.2, 0.25) is 0 Å². The van der Waals surface area contributed by atoms with Crippen molar-refractivity contribution in [1.29, 1.82) is 0 Å². The highest BCUT2D eigenvalue weighted by Crippen LogP contribution is 2.16. The van der Waals surface area contributed by atoms with Crippen LogP contribution in [-0.4, -0.2) is 27.6 Å². The molecule has 3 aromatic rings. The van der Waals surface area contributed by atoms with Crippen molar-refractivity contribution in [2.24, 2.45) is 4.99 Å². The van der Waals surface area contributed by atoms with Crippen molar-refractivity contribution < 1.29 is 4.39 Å². The van der Waals surface area contributed by atoms with Crippen LogP contribution in [0, 0.1) is 5.82 Å². The molecule has 0 aliphatic carbocycles. The third kappa shape index (κ3) is 4.88. The number of pyridine rings is 1. The molecule has 0 spiro atoms. The number of fused-ring (bicyclic) bond motifs is 1. The lowest BCUT2D eigenvalue weighted by Gasteiger charge is -2.11. The van der Waals surface area contributed by atoms with Crippen molar-refractivity contribution in [3.63, 3.8) is 0 Å². The van der Waals surface area contributed by atoms with Crippen LogP contribution < -0.4 is 10.6 Å². The zero-order valence-corrected chi connectivity index (χ0v) is 17.3. The maximum Gasteiger partial charge on any atom is 0.191 e. The fourth-order valence-electron chi connectivity index (χ4n) is 2.23. The van der Waals surface area contributed by atoms with Crippen LogP contribution in [0.3, 0.4) is 0 Å². The van der Waals surface area contributed by atoms with Gasteiger partial charge in [-0.2, -0.15) is 0 Å². The molecule has 0 aliphatic rings. The number of guanidine groups is 1. The van der Waals surface area contributed by atoms with Gasteiger partial charge in [0, 0.05) is 19.8 Å². The lowest BCUT2D eigenvalue weighted by Crippen LogP contribution is -2.36. The fraction of sp³-hybridized carbons (Fsp3) is 0.188. The van der Waals surface area contributed by atoms with Crippen LogP contribution in [0.1, 0.15) is 11.4 Å². The molecule has 2 N–H and O–H groups in total. The van der Waals surface area contributed by atoms with Crippen molar-refractivity contribution in [3.8, 4) is 0 Å². The molecule has 0 unspecified atom stereocenters. The van der Waals surface area contributed by atoms with E-state index in [-0.39, 0.29) is 29.8 Å². The molecule has 25 heavy (non-hydrogen) atoms. The first-order valence-electron chi connectivity index (χ1n) is 7.34. The molecule has 2 aromatic heterocycles. The fourth-order valence-corrected chi connectivity index (χ4v) is 2.48. The Kier molecular flexibility index (Phi) is 7.12. The lowest BCUT2D eigenvalue weighted by atomic mass is 10.2. The van der Waals surface area contributed by atoms with Gasteiger partial charge in [-0.15, -0.1) is 34.2 Å². The summed E-state index contributed by atoms with van der Waals surface area (Å²) in [5, 5.41) is 14.6. The van der Waals surface area contributed by atoms with E-state index in [1.165, 1.54) is 6.07 Å². The topological polar surface area (TPSA) is 66.6 Å². The molecular formula is C16H17BrFIN6. The average Bonchev–Trinajstić information content (AvgIpc) is 3.01. The summed E-state index contributed by atoms with van der Waals surface area (Å²) in [7, 11) is 1.68. The Morgan fingerprint density at radius 1 is 1.20 bits per heavy atom. The third-order valence-electron chi connectivity index (χ3n) is 3.47. The predicted octanol–water partition coefficient (Wildman–Crippen LogP) is 3.11. The third-order valence-corrected chi connectivity index (χ3v) is 4.11. The van der Waals surface area contributed by atoms with Gasteiger partial charge in [-0.25, -0.2) is 4.39 Å². The summed E-state index contributed by atoms with van der Waals surface area (Å²) in [6.45, 7) is 0.935. The maximum absolute atomic E-state index is 13.5. The lowest BCUT2D eigenvalue weighted by molar-refractivity contribution is 0.617. The van der Waals surface area contributed by atoms with Gasteiger partial charge in [0.25, 0.3) is 0 Å². The quantitative estimate of drug-likeness (QED) is 0.316. The van der Waals surface area contributed by atoms with Crippen molar-refractivity contribution >= 4 is 51.5 Å². The SMILES string of the molecule is CN=C(NCc1ccc(Br)c(F)c1)NCc1nnc2ccccn12.I. The Labute approximate surface area is 170 Å². The smallest absolute Gasteiger partial charge is 0.191 e. The molecule has 3 rings (SSSR count). The molecule has 132 valence electrons. The number of aliphatic imine (C=N–C) groups is 1. The molecule has 0 radical (unpaired) electrons. The Morgan fingerprint density at radius 2 is 2.00 bits per heavy atom. The number of hydrogen-bond donors (Lipinski definition) is 2. The number of aromatic nitrogens is 3. The Bertz CT molecular complexity index is 882. The zero-order chi connectivity index (χ0) is 16.9. The monoisotopic (exact) mass is 518 g/mol. The number of nitrogens with zero attached hydrogens (tertiary/aromatic N) is 4. The van der Waals surface area contributed by atoms with Crippen molar-refractivity contribution in [2.75, 3.05) is 7.05 Å². The van der Waals surface area contributed by atoms with E-state index in [0.717, 1.165) is 17.0 Å². The first-order chi connectivity index (χ1) is 11.7. The highest BCUT2D eigenvalue weighted by Gasteiger charge is 2.06. The average molecular weight is 519 g/mol. The number of nitrogens with one attached hydrogen (secondary N) is 2. The van der Waals surface area contributed by atoms with E-state index in [4.69, 9.17) is 0 Å². The van der Waals surface area contributed by atoms with Crippen LogP contribution in [0.2, 0.25) is 0 Å². The second-order valence-electron chi connectivity index (χ2n) is 5.07. The van der Waals surface area contributed by atoms with Gasteiger partial charge in [0.1, 0.15) is 5.82 Å². The van der Waals surface area contributed by atoms with E-state index < -0.39 is 0 Å². The van der Waals surface area contributed by atoms with E-state index in [1.54, 1.807) is 13.1 Å². The zero-order valence-electron chi connectivity index (χ0n) is 13.4. The van der Waals surface area contributed by atoms with Gasteiger partial charge in [0.05, 0.1) is 11.0 Å². The first-order valence-corrected chi connectivity index (χ1v) is 8.14. The second kappa shape index (κ2) is 9.09. The van der Waals surface area contributed by atoms with Crippen molar-refractivity contribution in [2.45, 2.75) is 13.1 Å². The number of halogens is 3. The highest BCUT2D eigenvalue weighted by atomic mass is 127. The predicted molar refractivity (Wildman–Crippen MR) is 110 cm³/mol. The summed E-state index contributed by atoms with van der Waals surface area (Å²) in [5.41, 5.74) is 1.62. The van der Waals surface area contributed by atoms with E-state index in [2.05, 4.69) is 41.8 Å². The minimum absolute atomic E-state index is 0. The van der Waals surface area contributed by atoms with Crippen molar-refractivity contribution in [1.82, 2.24) is 25.2 Å². The number of rotatable bonds is 4. The molecular weight excluding hydrogens is 502 g/mol. The molecule has 0 bridgehead atoms. The van der Waals surface area contributed by atoms with Crippen LogP contribution >= 0.6 is 39.9 Å². The summed E-state index contributed by atoms with van der Waals surface area (Å²) in [6, 6.07) is 10.8. The normalized spacial score (nSPS) is 11.2. The number of hydrogen-bond acceptors (Lipinski definition) is 3. The van der Waals surface area contributed by atoms with E-state index in [0.29, 0.717) is 23.5 Å². The van der Waals surface area contributed by atoms with Gasteiger partial charge in [-0.3, -0.25) is 9.39 Å². The van der Waals surface area contributed by atoms with Crippen LogP contribution in [-0.2, 0) is 13.1 Å². The second-order valence-corrected chi connectivity index (χ2v) is 5.93. The van der Waals surface area contributed by atoms with E-state index >= 15 is 0 Å². The molecule has 6 nitrogen and oxygen atoms in total. The summed E-state index contributed by atoms with van der Waals surface area (Å²) in [6.07, 6.45) is 1.91. The minimum atomic E-state index is -0.285. The maximum atomic E-state index is 13.5. The van der Waals surface area contributed by atoms with Gasteiger partial charge in [0.15, 0.2) is 17.4 Å². The number of benzene rings is 1. The Hall–Kier alpha value is -1.75. The highest BCUT2D eigenvalue weighted by molar-refractivity contribution is 14.0. The standard InChI is InChI=1S/C16H16BrFN6.HI/c1-19-16(20-9-11-5-6-12(17)13(18)8-11)21-10-15-23-22-14-4-2-3-7-24(14)15;/h2-8H,9-10H2,1H3,(H2,19,20,21);1H. The Balaban J connectivity index is 0.00000225. The molecule has 0 saturated heterocycles. The van der Waals surface area contributed by atoms with Crippen molar-refractivity contribution in [3.05, 3.63) is 64.3 Å². The molecule has 9 heteroatoms. The first kappa shape index (κ1) is 19.6.